The minimum atomic E-state index is 0.285. The first kappa shape index (κ1) is 13.4. The number of amides is 1. The van der Waals surface area contributed by atoms with Gasteiger partial charge in [-0.25, -0.2) is 0 Å². The zero-order valence-corrected chi connectivity index (χ0v) is 12.0. The number of hydrogen-bond donors (Lipinski definition) is 1. The van der Waals surface area contributed by atoms with Crippen LogP contribution in [0.2, 0.25) is 0 Å². The predicted molar refractivity (Wildman–Crippen MR) is 76.6 cm³/mol. The van der Waals surface area contributed by atoms with Crippen LogP contribution >= 0.6 is 0 Å². The molecule has 2 unspecified atom stereocenters. The van der Waals surface area contributed by atoms with Crippen LogP contribution in [0.4, 0.5) is 0 Å². The molecule has 3 fully saturated rings. The summed E-state index contributed by atoms with van der Waals surface area (Å²) in [4.78, 5) is 14.9. The van der Waals surface area contributed by atoms with Crippen LogP contribution in [0.1, 0.15) is 57.8 Å². The highest BCUT2D eigenvalue weighted by atomic mass is 16.2. The molecule has 2 N–H and O–H groups in total. The average Bonchev–Trinajstić information content (AvgIpc) is 2.66. The highest BCUT2D eigenvalue weighted by Crippen LogP contribution is 2.42. The topological polar surface area (TPSA) is 46.3 Å². The molecular weight excluding hydrogens is 236 g/mol. The third-order valence-electron chi connectivity index (χ3n) is 5.68. The van der Waals surface area contributed by atoms with E-state index in [1.165, 1.54) is 44.9 Å². The van der Waals surface area contributed by atoms with Gasteiger partial charge < -0.3 is 10.6 Å². The lowest BCUT2D eigenvalue weighted by Crippen LogP contribution is -2.49. The van der Waals surface area contributed by atoms with E-state index in [0.29, 0.717) is 23.8 Å². The Morgan fingerprint density at radius 2 is 1.47 bits per heavy atom. The van der Waals surface area contributed by atoms with Gasteiger partial charge >= 0.3 is 0 Å². The number of hydrogen-bond acceptors (Lipinski definition) is 2. The molecule has 3 aliphatic rings. The molecule has 2 aliphatic carbocycles. The third-order valence-corrected chi connectivity index (χ3v) is 5.68. The highest BCUT2D eigenvalue weighted by Gasteiger charge is 2.41. The second-order valence-corrected chi connectivity index (χ2v) is 6.94. The molecule has 2 bridgehead atoms. The van der Waals surface area contributed by atoms with Gasteiger partial charge in [0.2, 0.25) is 5.91 Å². The molecule has 0 aromatic heterocycles. The largest absolute Gasteiger partial charge is 0.342 e. The summed E-state index contributed by atoms with van der Waals surface area (Å²) in [5.74, 6) is 1.97. The highest BCUT2D eigenvalue weighted by molar-refractivity contribution is 5.79. The number of carbonyl (C=O) groups is 1. The van der Waals surface area contributed by atoms with Crippen molar-refractivity contribution in [1.29, 1.82) is 0 Å². The molecule has 1 saturated heterocycles. The molecule has 0 aromatic rings. The standard InChI is InChI=1S/C16H28N2O/c17-15-12-6-5-7-13(15)11-14(10-12)16(19)18-8-3-1-2-4-9-18/h12-15H,1-11,17H2. The molecule has 3 heteroatoms. The van der Waals surface area contributed by atoms with Gasteiger partial charge in [0.15, 0.2) is 0 Å². The summed E-state index contributed by atoms with van der Waals surface area (Å²) in [7, 11) is 0. The van der Waals surface area contributed by atoms with Gasteiger partial charge in [-0.15, -0.1) is 0 Å². The minimum absolute atomic E-state index is 0.285. The van der Waals surface area contributed by atoms with Gasteiger partial charge in [0.05, 0.1) is 0 Å². The summed E-state index contributed by atoms with van der Waals surface area (Å²) in [6, 6.07) is 0.377. The molecule has 2 saturated carbocycles. The smallest absolute Gasteiger partial charge is 0.225 e. The van der Waals surface area contributed by atoms with Crippen molar-refractivity contribution in [2.45, 2.75) is 63.8 Å². The zero-order chi connectivity index (χ0) is 13.2. The first-order valence-electron chi connectivity index (χ1n) is 8.30. The number of likely N-dealkylation sites (tertiary alicyclic amines) is 1. The number of nitrogens with two attached hydrogens (primary N) is 1. The molecule has 0 radical (unpaired) electrons. The third kappa shape index (κ3) is 2.81. The van der Waals surface area contributed by atoms with Crippen molar-refractivity contribution in [2.24, 2.45) is 23.5 Å². The van der Waals surface area contributed by atoms with E-state index in [-0.39, 0.29) is 5.92 Å². The molecule has 3 rings (SSSR count). The lowest BCUT2D eigenvalue weighted by Gasteiger charge is -2.44. The van der Waals surface area contributed by atoms with Crippen LogP contribution in [0.3, 0.4) is 0 Å². The Kier molecular flexibility index (Phi) is 4.11. The fraction of sp³-hybridized carbons (Fsp3) is 0.938. The van der Waals surface area contributed by atoms with E-state index in [1.807, 2.05) is 0 Å². The molecule has 1 amide bonds. The molecular formula is C16H28N2O. The monoisotopic (exact) mass is 264 g/mol. The van der Waals surface area contributed by atoms with Crippen molar-refractivity contribution in [2.75, 3.05) is 13.1 Å². The summed E-state index contributed by atoms with van der Waals surface area (Å²) in [6.45, 7) is 1.99. The molecule has 3 nitrogen and oxygen atoms in total. The maximum atomic E-state index is 12.7. The summed E-state index contributed by atoms with van der Waals surface area (Å²) >= 11 is 0. The van der Waals surface area contributed by atoms with Crippen LogP contribution in [0.15, 0.2) is 0 Å². The van der Waals surface area contributed by atoms with Crippen LogP contribution in [-0.4, -0.2) is 29.9 Å². The van der Waals surface area contributed by atoms with E-state index in [0.717, 1.165) is 25.9 Å². The maximum absolute atomic E-state index is 12.7. The SMILES string of the molecule is NC1C2CCCC1CC(C(=O)N1CCCCCC1)C2. The van der Waals surface area contributed by atoms with Gasteiger partial charge in [0.25, 0.3) is 0 Å². The molecule has 108 valence electrons. The molecule has 0 spiro atoms. The van der Waals surface area contributed by atoms with Crippen molar-refractivity contribution < 1.29 is 4.79 Å². The molecule has 2 atom stereocenters. The van der Waals surface area contributed by atoms with Crippen LogP contribution < -0.4 is 5.73 Å². The van der Waals surface area contributed by atoms with Crippen LogP contribution in [0, 0.1) is 17.8 Å². The van der Waals surface area contributed by atoms with E-state index in [4.69, 9.17) is 5.73 Å². The van der Waals surface area contributed by atoms with Crippen molar-refractivity contribution in [3.63, 3.8) is 0 Å². The van der Waals surface area contributed by atoms with E-state index >= 15 is 0 Å². The Balaban J connectivity index is 1.63. The second kappa shape index (κ2) is 5.82. The number of carbonyl (C=O) groups excluding carboxylic acids is 1. The molecule has 1 heterocycles. The lowest BCUT2D eigenvalue weighted by atomic mass is 9.65. The zero-order valence-electron chi connectivity index (χ0n) is 12.0. The Labute approximate surface area is 116 Å². The van der Waals surface area contributed by atoms with E-state index < -0.39 is 0 Å². The van der Waals surface area contributed by atoms with E-state index in [1.54, 1.807) is 0 Å². The van der Waals surface area contributed by atoms with Crippen LogP contribution in [0.25, 0.3) is 0 Å². The summed E-state index contributed by atoms with van der Waals surface area (Å²) in [5.41, 5.74) is 6.33. The summed E-state index contributed by atoms with van der Waals surface area (Å²) in [6.07, 6.45) is 10.9. The van der Waals surface area contributed by atoms with Gasteiger partial charge in [-0.3, -0.25) is 4.79 Å². The number of rotatable bonds is 1. The Hall–Kier alpha value is -0.570. The van der Waals surface area contributed by atoms with E-state index in [2.05, 4.69) is 4.90 Å². The summed E-state index contributed by atoms with van der Waals surface area (Å²) < 4.78 is 0. The normalized spacial score (nSPS) is 39.7. The summed E-state index contributed by atoms with van der Waals surface area (Å²) in [5, 5.41) is 0. The molecule has 1 aliphatic heterocycles. The Morgan fingerprint density at radius 1 is 0.895 bits per heavy atom. The van der Waals surface area contributed by atoms with E-state index in [9.17, 15) is 4.79 Å². The predicted octanol–water partition coefficient (Wildman–Crippen LogP) is 2.54. The van der Waals surface area contributed by atoms with Gasteiger partial charge in [0, 0.05) is 25.0 Å². The number of nitrogens with zero attached hydrogens (tertiary/aromatic N) is 1. The second-order valence-electron chi connectivity index (χ2n) is 6.94. The Bertz CT molecular complexity index is 309. The van der Waals surface area contributed by atoms with Crippen molar-refractivity contribution in [1.82, 2.24) is 4.90 Å². The van der Waals surface area contributed by atoms with Crippen molar-refractivity contribution >= 4 is 5.91 Å². The lowest BCUT2D eigenvalue weighted by molar-refractivity contribution is -0.138. The van der Waals surface area contributed by atoms with Crippen molar-refractivity contribution in [3.05, 3.63) is 0 Å². The van der Waals surface area contributed by atoms with Crippen LogP contribution in [0.5, 0.6) is 0 Å². The Morgan fingerprint density at radius 3 is 2.05 bits per heavy atom. The van der Waals surface area contributed by atoms with Gasteiger partial charge in [-0.2, -0.15) is 0 Å². The molecule has 19 heavy (non-hydrogen) atoms. The molecule has 0 aromatic carbocycles. The fourth-order valence-electron chi connectivity index (χ4n) is 4.54. The quantitative estimate of drug-likeness (QED) is 0.791. The van der Waals surface area contributed by atoms with Gasteiger partial charge in [0.1, 0.15) is 0 Å². The first-order valence-corrected chi connectivity index (χ1v) is 8.30. The minimum Gasteiger partial charge on any atom is -0.342 e. The van der Waals surface area contributed by atoms with Gasteiger partial charge in [-0.05, 0) is 50.4 Å². The maximum Gasteiger partial charge on any atom is 0.225 e. The van der Waals surface area contributed by atoms with Crippen molar-refractivity contribution in [3.8, 4) is 0 Å². The number of fused-ring (bicyclic) bond motifs is 2. The average molecular weight is 264 g/mol. The van der Waals surface area contributed by atoms with Gasteiger partial charge in [-0.1, -0.05) is 19.3 Å². The van der Waals surface area contributed by atoms with Crippen LogP contribution in [-0.2, 0) is 4.79 Å². The fourth-order valence-corrected chi connectivity index (χ4v) is 4.54. The first-order chi connectivity index (χ1) is 9.25.